The van der Waals surface area contributed by atoms with Crippen molar-refractivity contribution in [2.45, 2.75) is 73.5 Å². The molecule has 0 rings (SSSR count). The van der Waals surface area contributed by atoms with Crippen LogP contribution in [0.5, 0.6) is 0 Å². The molecular formula is C17H11F19O4. The molecule has 0 aliphatic heterocycles. The molecule has 0 aromatic carbocycles. The van der Waals surface area contributed by atoms with E-state index in [-0.39, 0.29) is 26.0 Å². The highest BCUT2D eigenvalue weighted by atomic mass is 19.4. The summed E-state index contributed by atoms with van der Waals surface area (Å²) in [5, 5.41) is 8.24. The van der Waals surface area contributed by atoms with Crippen LogP contribution in [0.15, 0.2) is 12.2 Å². The van der Waals surface area contributed by atoms with E-state index >= 15 is 0 Å². The first kappa shape index (κ1) is 37.4. The molecule has 0 aliphatic rings. The maximum atomic E-state index is 14.3. The smallest absolute Gasteiger partial charge is 0.460 e. The molecule has 23 heteroatoms. The Bertz CT molecular complexity index is 980. The Morgan fingerprint density at radius 2 is 0.850 bits per heavy atom. The summed E-state index contributed by atoms with van der Waals surface area (Å²) in [7, 11) is 0. The molecular weight excluding hydrogens is 629 g/mol. The Morgan fingerprint density at radius 3 is 1.12 bits per heavy atom. The first-order valence-electron chi connectivity index (χ1n) is 9.35. The lowest BCUT2D eigenvalue weighted by molar-refractivity contribution is -0.470. The number of hydrogen-bond acceptors (Lipinski definition) is 3. The molecule has 0 bridgehead atoms. The van der Waals surface area contributed by atoms with Crippen molar-refractivity contribution in [1.29, 1.82) is 0 Å². The van der Waals surface area contributed by atoms with Gasteiger partial charge >= 0.3 is 65.5 Å². The third-order valence-electron chi connectivity index (χ3n) is 4.71. The molecule has 0 saturated carbocycles. The largest absolute Gasteiger partial charge is 0.478 e. The predicted octanol–water partition coefficient (Wildman–Crippen LogP) is 6.84. The number of alkyl halides is 19. The van der Waals surface area contributed by atoms with Gasteiger partial charge in [-0.15, -0.1) is 0 Å². The molecule has 1 atom stereocenters. The van der Waals surface area contributed by atoms with Crippen LogP contribution in [0.1, 0.15) is 13.8 Å². The van der Waals surface area contributed by atoms with Gasteiger partial charge in [-0.1, -0.05) is 13.8 Å². The van der Waals surface area contributed by atoms with Crippen LogP contribution in [0.2, 0.25) is 0 Å². The average Bonchev–Trinajstić information content (AvgIpc) is 2.73. The zero-order valence-electron chi connectivity index (χ0n) is 18.7. The standard InChI is InChI=1S/C17H11F19O4/c1-5(2)8(40-7(39)4-3-6(37)38)9(18,19)10(20,21)11(22,23)12(24,25)13(26,27)14(28,29)15(30,31)16(32,33)17(34,35)36/h3-5,8H,1-2H3,(H,37,38)/b4-3-. The van der Waals surface area contributed by atoms with Crippen molar-refractivity contribution in [3.63, 3.8) is 0 Å². The van der Waals surface area contributed by atoms with E-state index in [0.29, 0.717) is 0 Å². The molecule has 0 heterocycles. The van der Waals surface area contributed by atoms with Gasteiger partial charge in [0.15, 0.2) is 6.10 Å². The van der Waals surface area contributed by atoms with Crippen LogP contribution in [-0.2, 0) is 14.3 Å². The number of carboxylic acid groups (broad SMARTS) is 1. The Hall–Kier alpha value is -2.65. The summed E-state index contributed by atoms with van der Waals surface area (Å²) in [6.45, 7) is 0.531. The van der Waals surface area contributed by atoms with E-state index in [4.69, 9.17) is 5.11 Å². The molecule has 0 fully saturated rings. The molecule has 1 unspecified atom stereocenters. The number of carbonyl (C=O) groups is 2. The number of esters is 1. The lowest BCUT2D eigenvalue weighted by Crippen LogP contribution is -2.76. The van der Waals surface area contributed by atoms with Crippen molar-refractivity contribution in [1.82, 2.24) is 0 Å². The molecule has 0 saturated heterocycles. The number of ether oxygens (including phenoxy) is 1. The minimum Gasteiger partial charge on any atom is -0.478 e. The fourth-order valence-electron chi connectivity index (χ4n) is 2.48. The second-order valence-corrected chi connectivity index (χ2v) is 7.91. The zero-order chi connectivity index (χ0) is 32.9. The molecule has 0 aromatic heterocycles. The maximum absolute atomic E-state index is 14.3. The van der Waals surface area contributed by atoms with Crippen molar-refractivity contribution in [2.24, 2.45) is 5.92 Å². The second-order valence-electron chi connectivity index (χ2n) is 7.91. The number of rotatable bonds is 12. The van der Waals surface area contributed by atoms with Gasteiger partial charge in [-0.3, -0.25) is 0 Å². The van der Waals surface area contributed by atoms with Crippen molar-refractivity contribution >= 4 is 11.9 Å². The summed E-state index contributed by atoms with van der Waals surface area (Å²) in [6.07, 6.45) is -12.7. The van der Waals surface area contributed by atoms with Gasteiger partial charge in [0.05, 0.1) is 0 Å². The summed E-state index contributed by atoms with van der Waals surface area (Å²) < 4.78 is 258. The summed E-state index contributed by atoms with van der Waals surface area (Å²) in [6, 6.07) is 0. The highest BCUT2D eigenvalue weighted by Gasteiger charge is 2.97. The number of halogens is 19. The van der Waals surface area contributed by atoms with Crippen molar-refractivity contribution < 1.29 is 103 Å². The molecule has 1 N–H and O–H groups in total. The first-order valence-corrected chi connectivity index (χ1v) is 9.35. The topological polar surface area (TPSA) is 63.6 Å². The Morgan fingerprint density at radius 1 is 0.550 bits per heavy atom. The van der Waals surface area contributed by atoms with Crippen LogP contribution >= 0.6 is 0 Å². The van der Waals surface area contributed by atoms with Gasteiger partial charge in [-0.2, -0.15) is 83.4 Å². The van der Waals surface area contributed by atoms with E-state index in [9.17, 15) is 93.0 Å². The van der Waals surface area contributed by atoms with Gasteiger partial charge in [0.1, 0.15) is 0 Å². The summed E-state index contributed by atoms with van der Waals surface area (Å²) in [5.74, 6) is -75.2. The quantitative estimate of drug-likeness (QED) is 0.144. The van der Waals surface area contributed by atoms with Crippen LogP contribution < -0.4 is 0 Å². The molecule has 0 spiro atoms. The summed E-state index contributed by atoms with van der Waals surface area (Å²) in [5.41, 5.74) is 0. The highest BCUT2D eigenvalue weighted by Crippen LogP contribution is 2.65. The van der Waals surface area contributed by atoms with Crippen LogP contribution in [-0.4, -0.2) is 76.7 Å². The van der Waals surface area contributed by atoms with Gasteiger partial charge < -0.3 is 9.84 Å². The predicted molar refractivity (Wildman–Crippen MR) is 87.1 cm³/mol. The monoisotopic (exact) mass is 640 g/mol. The normalized spacial score (nSPS) is 16.4. The molecule has 0 aromatic rings. The number of carbonyl (C=O) groups excluding carboxylic acids is 1. The third kappa shape index (κ3) is 5.34. The van der Waals surface area contributed by atoms with E-state index in [1.165, 1.54) is 0 Å². The van der Waals surface area contributed by atoms with E-state index in [1.54, 1.807) is 0 Å². The number of carboxylic acids is 1. The molecule has 4 nitrogen and oxygen atoms in total. The van der Waals surface area contributed by atoms with Gasteiger partial charge in [-0.05, 0) is 5.92 Å². The maximum Gasteiger partial charge on any atom is 0.460 e. The van der Waals surface area contributed by atoms with E-state index in [2.05, 4.69) is 4.74 Å². The molecule has 0 aliphatic carbocycles. The summed E-state index contributed by atoms with van der Waals surface area (Å²) in [4.78, 5) is 21.6. The first-order chi connectivity index (χ1) is 17.1. The fourth-order valence-corrected chi connectivity index (χ4v) is 2.48. The SMILES string of the molecule is CC(C)C(OC(=O)/C=C\C(=O)O)C(F)(F)C(F)(F)C(F)(F)C(F)(F)C(F)(F)C(F)(F)C(F)(F)C(F)(F)C(F)(F)F. The Kier molecular flexibility index (Phi) is 9.63. The molecule has 0 amide bonds. The second kappa shape index (κ2) is 10.3. The summed E-state index contributed by atoms with van der Waals surface area (Å²) >= 11 is 0. The molecule has 0 radical (unpaired) electrons. The van der Waals surface area contributed by atoms with Crippen LogP contribution in [0.3, 0.4) is 0 Å². The van der Waals surface area contributed by atoms with Gasteiger partial charge in [0.2, 0.25) is 0 Å². The van der Waals surface area contributed by atoms with Gasteiger partial charge in [0.25, 0.3) is 0 Å². The van der Waals surface area contributed by atoms with Crippen LogP contribution in [0, 0.1) is 5.92 Å². The Balaban J connectivity index is 7.03. The fraction of sp³-hybridized carbons (Fsp3) is 0.765. The average molecular weight is 640 g/mol. The van der Waals surface area contributed by atoms with E-state index in [0.717, 1.165) is 0 Å². The minimum absolute atomic E-state index is 0.252. The van der Waals surface area contributed by atoms with E-state index in [1.807, 2.05) is 0 Å². The number of aliphatic carboxylic acids is 1. The lowest BCUT2D eigenvalue weighted by Gasteiger charge is -2.44. The molecule has 236 valence electrons. The minimum atomic E-state index is -9.07. The van der Waals surface area contributed by atoms with Crippen molar-refractivity contribution in [3.8, 4) is 0 Å². The van der Waals surface area contributed by atoms with Crippen LogP contribution in [0.25, 0.3) is 0 Å². The van der Waals surface area contributed by atoms with Gasteiger partial charge in [0, 0.05) is 12.2 Å². The lowest BCUT2D eigenvalue weighted by atomic mass is 9.85. The van der Waals surface area contributed by atoms with Crippen molar-refractivity contribution in [3.05, 3.63) is 12.2 Å². The zero-order valence-corrected chi connectivity index (χ0v) is 18.7. The molecule has 40 heavy (non-hydrogen) atoms. The van der Waals surface area contributed by atoms with Crippen molar-refractivity contribution in [2.75, 3.05) is 0 Å². The highest BCUT2D eigenvalue weighted by molar-refractivity contribution is 5.90. The van der Waals surface area contributed by atoms with E-state index < -0.39 is 77.5 Å². The van der Waals surface area contributed by atoms with Crippen LogP contribution in [0.4, 0.5) is 83.4 Å². The Labute approximate surface area is 207 Å². The number of hydrogen-bond donors (Lipinski definition) is 1. The van der Waals surface area contributed by atoms with Gasteiger partial charge in [-0.25, -0.2) is 9.59 Å². The third-order valence-corrected chi connectivity index (χ3v) is 4.71.